The van der Waals surface area contributed by atoms with Crippen molar-refractivity contribution >= 4 is 0 Å². The van der Waals surface area contributed by atoms with Gasteiger partial charge in [0.05, 0.1) is 12.7 Å². The molecule has 2 aliphatic rings. The van der Waals surface area contributed by atoms with Crippen LogP contribution in [-0.4, -0.2) is 42.3 Å². The SMILES string of the molecule is CCC(N)C(C)N1CCOC2CCCCC21. The third kappa shape index (κ3) is 2.41. The van der Waals surface area contributed by atoms with Crippen molar-refractivity contribution in [1.82, 2.24) is 4.90 Å². The Hall–Kier alpha value is -0.120. The molecule has 3 nitrogen and oxygen atoms in total. The van der Waals surface area contributed by atoms with Crippen LogP contribution in [0.1, 0.15) is 46.0 Å². The first-order valence-corrected chi connectivity index (χ1v) is 6.87. The van der Waals surface area contributed by atoms with E-state index >= 15 is 0 Å². The van der Waals surface area contributed by atoms with Gasteiger partial charge in [0.1, 0.15) is 0 Å². The highest BCUT2D eigenvalue weighted by Gasteiger charge is 2.37. The zero-order chi connectivity index (χ0) is 11.5. The average Bonchev–Trinajstić information content (AvgIpc) is 2.36. The molecule has 1 aliphatic heterocycles. The summed E-state index contributed by atoms with van der Waals surface area (Å²) in [6, 6.07) is 1.44. The van der Waals surface area contributed by atoms with Crippen LogP contribution in [0.4, 0.5) is 0 Å². The van der Waals surface area contributed by atoms with Gasteiger partial charge in [0, 0.05) is 24.7 Å². The first kappa shape index (κ1) is 12.3. The predicted molar refractivity (Wildman–Crippen MR) is 66.4 cm³/mol. The normalized spacial score (nSPS) is 35.4. The summed E-state index contributed by atoms with van der Waals surface area (Å²) in [5, 5.41) is 0. The zero-order valence-electron chi connectivity index (χ0n) is 10.7. The van der Waals surface area contributed by atoms with Crippen LogP contribution >= 0.6 is 0 Å². The van der Waals surface area contributed by atoms with Crippen LogP contribution in [0.15, 0.2) is 0 Å². The van der Waals surface area contributed by atoms with Crippen molar-refractivity contribution in [2.45, 2.75) is 70.2 Å². The molecule has 0 aromatic carbocycles. The molecule has 1 heterocycles. The molecule has 4 atom stereocenters. The topological polar surface area (TPSA) is 38.5 Å². The second-order valence-corrected chi connectivity index (χ2v) is 5.31. The van der Waals surface area contributed by atoms with Gasteiger partial charge in [-0.2, -0.15) is 0 Å². The van der Waals surface area contributed by atoms with E-state index in [1.807, 2.05) is 0 Å². The second kappa shape index (κ2) is 5.48. The summed E-state index contributed by atoms with van der Waals surface area (Å²) in [6.45, 7) is 6.42. The number of fused-ring (bicyclic) bond motifs is 1. The second-order valence-electron chi connectivity index (χ2n) is 5.31. The molecule has 0 spiro atoms. The van der Waals surface area contributed by atoms with Crippen molar-refractivity contribution in [3.05, 3.63) is 0 Å². The van der Waals surface area contributed by atoms with E-state index in [4.69, 9.17) is 10.5 Å². The smallest absolute Gasteiger partial charge is 0.0731 e. The lowest BCUT2D eigenvalue weighted by Crippen LogP contribution is -2.59. The quantitative estimate of drug-likeness (QED) is 0.797. The molecular weight excluding hydrogens is 200 g/mol. The molecule has 0 bridgehead atoms. The fraction of sp³-hybridized carbons (Fsp3) is 1.00. The number of nitrogens with zero attached hydrogens (tertiary/aromatic N) is 1. The molecule has 94 valence electrons. The summed E-state index contributed by atoms with van der Waals surface area (Å²) >= 11 is 0. The molecule has 4 unspecified atom stereocenters. The molecular formula is C13H26N2O. The summed E-state index contributed by atoms with van der Waals surface area (Å²) in [6.07, 6.45) is 6.78. The van der Waals surface area contributed by atoms with Crippen LogP contribution in [0.25, 0.3) is 0 Å². The third-order valence-electron chi connectivity index (χ3n) is 4.39. The van der Waals surface area contributed by atoms with E-state index < -0.39 is 0 Å². The van der Waals surface area contributed by atoms with E-state index in [0.29, 0.717) is 24.2 Å². The fourth-order valence-electron chi connectivity index (χ4n) is 3.22. The zero-order valence-corrected chi connectivity index (χ0v) is 10.7. The number of rotatable bonds is 3. The van der Waals surface area contributed by atoms with Crippen LogP contribution in [-0.2, 0) is 4.74 Å². The average molecular weight is 226 g/mol. The first-order valence-electron chi connectivity index (χ1n) is 6.87. The lowest BCUT2D eigenvalue weighted by atomic mass is 9.88. The van der Waals surface area contributed by atoms with E-state index in [-0.39, 0.29) is 0 Å². The van der Waals surface area contributed by atoms with Crippen molar-refractivity contribution in [3.63, 3.8) is 0 Å². The molecule has 0 aromatic heterocycles. The van der Waals surface area contributed by atoms with E-state index in [0.717, 1.165) is 19.6 Å². The minimum absolute atomic E-state index is 0.306. The van der Waals surface area contributed by atoms with Crippen molar-refractivity contribution < 1.29 is 4.74 Å². The molecule has 1 saturated carbocycles. The van der Waals surface area contributed by atoms with E-state index in [1.165, 1.54) is 25.7 Å². The Morgan fingerprint density at radius 1 is 1.38 bits per heavy atom. The van der Waals surface area contributed by atoms with Gasteiger partial charge in [-0.15, -0.1) is 0 Å². The lowest BCUT2D eigenvalue weighted by molar-refractivity contribution is -0.103. The maximum atomic E-state index is 6.19. The monoisotopic (exact) mass is 226 g/mol. The molecule has 16 heavy (non-hydrogen) atoms. The maximum Gasteiger partial charge on any atom is 0.0731 e. The number of nitrogens with two attached hydrogens (primary N) is 1. The van der Waals surface area contributed by atoms with Crippen LogP contribution in [0.5, 0.6) is 0 Å². The van der Waals surface area contributed by atoms with Gasteiger partial charge in [0.15, 0.2) is 0 Å². The summed E-state index contributed by atoms with van der Waals surface area (Å²) in [5.74, 6) is 0. The van der Waals surface area contributed by atoms with Gasteiger partial charge in [0.2, 0.25) is 0 Å². The summed E-state index contributed by atoms with van der Waals surface area (Å²) < 4.78 is 5.89. The summed E-state index contributed by atoms with van der Waals surface area (Å²) in [4.78, 5) is 2.61. The Morgan fingerprint density at radius 2 is 2.12 bits per heavy atom. The Balaban J connectivity index is 2.01. The molecule has 3 heteroatoms. The summed E-state index contributed by atoms with van der Waals surface area (Å²) in [7, 11) is 0. The van der Waals surface area contributed by atoms with Gasteiger partial charge in [-0.05, 0) is 26.2 Å². The molecule has 0 aromatic rings. The highest BCUT2D eigenvalue weighted by atomic mass is 16.5. The summed E-state index contributed by atoms with van der Waals surface area (Å²) in [5.41, 5.74) is 6.19. The van der Waals surface area contributed by atoms with E-state index in [2.05, 4.69) is 18.7 Å². The van der Waals surface area contributed by atoms with Crippen molar-refractivity contribution in [3.8, 4) is 0 Å². The number of ether oxygens (including phenoxy) is 1. The Morgan fingerprint density at radius 3 is 2.88 bits per heavy atom. The van der Waals surface area contributed by atoms with Gasteiger partial charge >= 0.3 is 0 Å². The van der Waals surface area contributed by atoms with Gasteiger partial charge in [0.25, 0.3) is 0 Å². The maximum absolute atomic E-state index is 6.19. The van der Waals surface area contributed by atoms with Crippen molar-refractivity contribution in [2.75, 3.05) is 13.2 Å². The fourth-order valence-corrected chi connectivity index (χ4v) is 3.22. The predicted octanol–water partition coefficient (Wildman–Crippen LogP) is 1.76. The Kier molecular flexibility index (Phi) is 4.22. The van der Waals surface area contributed by atoms with Crippen LogP contribution in [0.2, 0.25) is 0 Å². The Labute approximate surface area is 99.3 Å². The lowest BCUT2D eigenvalue weighted by Gasteiger charge is -2.47. The van der Waals surface area contributed by atoms with E-state index in [1.54, 1.807) is 0 Å². The largest absolute Gasteiger partial charge is 0.375 e. The van der Waals surface area contributed by atoms with Gasteiger partial charge < -0.3 is 10.5 Å². The molecule has 2 rings (SSSR count). The van der Waals surface area contributed by atoms with Crippen LogP contribution in [0, 0.1) is 0 Å². The highest BCUT2D eigenvalue weighted by molar-refractivity contribution is 4.91. The van der Waals surface area contributed by atoms with Gasteiger partial charge in [-0.25, -0.2) is 0 Å². The molecule has 1 aliphatic carbocycles. The minimum atomic E-state index is 0.306. The van der Waals surface area contributed by atoms with Crippen molar-refractivity contribution in [1.29, 1.82) is 0 Å². The molecule has 0 amide bonds. The highest BCUT2D eigenvalue weighted by Crippen LogP contribution is 2.30. The molecule has 2 fully saturated rings. The van der Waals surface area contributed by atoms with Crippen LogP contribution < -0.4 is 5.73 Å². The molecule has 1 saturated heterocycles. The molecule has 2 N–H and O–H groups in total. The van der Waals surface area contributed by atoms with Crippen LogP contribution in [0.3, 0.4) is 0 Å². The molecule has 0 radical (unpaired) electrons. The Bertz CT molecular complexity index is 220. The number of hydrogen-bond acceptors (Lipinski definition) is 3. The third-order valence-corrected chi connectivity index (χ3v) is 4.39. The van der Waals surface area contributed by atoms with Gasteiger partial charge in [-0.3, -0.25) is 4.90 Å². The van der Waals surface area contributed by atoms with Gasteiger partial charge in [-0.1, -0.05) is 19.8 Å². The number of hydrogen-bond donors (Lipinski definition) is 1. The first-order chi connectivity index (χ1) is 7.74. The van der Waals surface area contributed by atoms with Crippen molar-refractivity contribution in [2.24, 2.45) is 5.73 Å². The standard InChI is InChI=1S/C13H26N2O/c1-3-11(14)10(2)15-8-9-16-13-7-5-4-6-12(13)15/h10-13H,3-9,14H2,1-2H3. The van der Waals surface area contributed by atoms with E-state index in [9.17, 15) is 0 Å². The number of morpholine rings is 1. The minimum Gasteiger partial charge on any atom is -0.375 e.